The van der Waals surface area contributed by atoms with Crippen molar-refractivity contribution in [3.63, 3.8) is 0 Å². The Kier molecular flexibility index (Phi) is 10.6. The fourth-order valence-corrected chi connectivity index (χ4v) is 3.18. The van der Waals surface area contributed by atoms with Crippen LogP contribution >= 0.6 is 0 Å². The highest BCUT2D eigenvalue weighted by molar-refractivity contribution is 5.85. The number of rotatable bonds is 9. The minimum atomic E-state index is -0.707. The smallest absolute Gasteiger partial charge is 0.408 e. The molecule has 2 aromatic rings. The number of hydrogen-bond acceptors (Lipinski definition) is 5. The maximum absolute atomic E-state index is 13.0. The summed E-state index contributed by atoms with van der Waals surface area (Å²) < 4.78 is 29.4. The summed E-state index contributed by atoms with van der Waals surface area (Å²) in [4.78, 5) is 24.8. The van der Waals surface area contributed by atoms with Gasteiger partial charge in [0.25, 0.3) is 0 Å². The molecule has 0 aliphatic heterocycles. The zero-order valence-corrected chi connectivity index (χ0v) is 21.7. The summed E-state index contributed by atoms with van der Waals surface area (Å²) in [7, 11) is 1.55. The van der Waals surface area contributed by atoms with Crippen LogP contribution in [0.3, 0.4) is 0 Å². The molecule has 0 saturated heterocycles. The molecule has 0 spiro atoms. The van der Waals surface area contributed by atoms with Gasteiger partial charge in [-0.3, -0.25) is 4.79 Å². The summed E-state index contributed by atoms with van der Waals surface area (Å²) in [5.74, 6) is 6.20. The standard InChI is InChI=1S/C28H35FN2O5/c1-19(2)25(31-27(33)36-28(3,4)5)26(32)30-16-15-21-11-14-23(24(18-21)34-6)35-17-7-8-20-9-12-22(29)13-10-20/h9-14,18-19,25H,15-17H2,1-6H3,(H,30,32)(H,31,33). The molecule has 1 unspecified atom stereocenters. The SMILES string of the molecule is COc1cc(CCNC(=O)C(NC(=O)OC(C)(C)C)C(C)C)ccc1OCC#Cc1ccc(F)cc1. The Balaban J connectivity index is 1.88. The van der Waals surface area contributed by atoms with Crippen molar-refractivity contribution in [3.05, 3.63) is 59.4 Å². The van der Waals surface area contributed by atoms with Crippen molar-refractivity contribution in [3.8, 4) is 23.3 Å². The van der Waals surface area contributed by atoms with E-state index in [1.165, 1.54) is 12.1 Å². The Hall–Kier alpha value is -3.73. The zero-order chi connectivity index (χ0) is 26.7. The molecule has 0 aliphatic rings. The largest absolute Gasteiger partial charge is 0.493 e. The van der Waals surface area contributed by atoms with Gasteiger partial charge in [-0.1, -0.05) is 31.8 Å². The average Bonchev–Trinajstić information content (AvgIpc) is 2.80. The van der Waals surface area contributed by atoms with Crippen LogP contribution in [0.2, 0.25) is 0 Å². The van der Waals surface area contributed by atoms with E-state index in [0.717, 1.165) is 5.56 Å². The predicted molar refractivity (Wildman–Crippen MR) is 136 cm³/mol. The van der Waals surface area contributed by atoms with E-state index in [4.69, 9.17) is 14.2 Å². The van der Waals surface area contributed by atoms with Crippen LogP contribution in [-0.4, -0.2) is 43.9 Å². The summed E-state index contributed by atoms with van der Waals surface area (Å²) in [6.45, 7) is 9.54. The van der Waals surface area contributed by atoms with Crippen molar-refractivity contribution in [2.24, 2.45) is 5.92 Å². The first kappa shape index (κ1) is 28.5. The van der Waals surface area contributed by atoms with Crippen LogP contribution in [-0.2, 0) is 16.0 Å². The number of ether oxygens (including phenoxy) is 3. The summed E-state index contributed by atoms with van der Waals surface area (Å²) >= 11 is 0. The molecule has 0 fully saturated rings. The Morgan fingerprint density at radius 2 is 1.75 bits per heavy atom. The van der Waals surface area contributed by atoms with Crippen molar-refractivity contribution in [2.45, 2.75) is 52.7 Å². The third-order valence-corrected chi connectivity index (χ3v) is 4.94. The van der Waals surface area contributed by atoms with Crippen LogP contribution in [0, 0.1) is 23.6 Å². The van der Waals surface area contributed by atoms with E-state index in [0.29, 0.717) is 30.0 Å². The van der Waals surface area contributed by atoms with Crippen molar-refractivity contribution in [1.29, 1.82) is 0 Å². The highest BCUT2D eigenvalue weighted by Crippen LogP contribution is 2.28. The lowest BCUT2D eigenvalue weighted by Gasteiger charge is -2.25. The normalized spacial score (nSPS) is 11.7. The van der Waals surface area contributed by atoms with Gasteiger partial charge in [0.1, 0.15) is 24.1 Å². The quantitative estimate of drug-likeness (QED) is 0.498. The lowest BCUT2D eigenvalue weighted by molar-refractivity contribution is -0.124. The molecule has 194 valence electrons. The molecule has 0 heterocycles. The summed E-state index contributed by atoms with van der Waals surface area (Å²) in [6, 6.07) is 10.7. The highest BCUT2D eigenvalue weighted by Gasteiger charge is 2.26. The van der Waals surface area contributed by atoms with Gasteiger partial charge in [0.05, 0.1) is 7.11 Å². The fraction of sp³-hybridized carbons (Fsp3) is 0.429. The van der Waals surface area contributed by atoms with E-state index in [-0.39, 0.29) is 24.2 Å². The Labute approximate surface area is 212 Å². The number of hydrogen-bond donors (Lipinski definition) is 2. The first-order valence-electron chi connectivity index (χ1n) is 11.8. The molecule has 7 nitrogen and oxygen atoms in total. The van der Waals surface area contributed by atoms with Crippen LogP contribution in [0.5, 0.6) is 11.5 Å². The molecule has 2 N–H and O–H groups in total. The number of halogens is 1. The Morgan fingerprint density at radius 1 is 1.06 bits per heavy atom. The molecule has 2 rings (SSSR count). The van der Waals surface area contributed by atoms with Gasteiger partial charge in [0, 0.05) is 12.1 Å². The first-order valence-corrected chi connectivity index (χ1v) is 11.8. The molecule has 0 saturated carbocycles. The van der Waals surface area contributed by atoms with Gasteiger partial charge < -0.3 is 24.8 Å². The summed E-state index contributed by atoms with van der Waals surface area (Å²) in [5.41, 5.74) is 0.995. The number of nitrogens with one attached hydrogen (secondary N) is 2. The summed E-state index contributed by atoms with van der Waals surface area (Å²) in [5, 5.41) is 5.52. The van der Waals surface area contributed by atoms with Crippen molar-refractivity contribution < 1.29 is 28.2 Å². The van der Waals surface area contributed by atoms with E-state index in [1.807, 2.05) is 26.0 Å². The van der Waals surface area contributed by atoms with Crippen molar-refractivity contribution in [1.82, 2.24) is 10.6 Å². The van der Waals surface area contributed by atoms with Crippen LogP contribution in [0.4, 0.5) is 9.18 Å². The number of amides is 2. The summed E-state index contributed by atoms with van der Waals surface area (Å²) in [6.07, 6.45) is -0.0664. The van der Waals surface area contributed by atoms with Gasteiger partial charge in [0.15, 0.2) is 11.5 Å². The third-order valence-electron chi connectivity index (χ3n) is 4.94. The minimum Gasteiger partial charge on any atom is -0.493 e. The molecule has 2 aromatic carbocycles. The van der Waals surface area contributed by atoms with Crippen LogP contribution in [0.25, 0.3) is 0 Å². The van der Waals surface area contributed by atoms with Crippen molar-refractivity contribution >= 4 is 12.0 Å². The van der Waals surface area contributed by atoms with E-state index in [9.17, 15) is 14.0 Å². The molecule has 0 aliphatic carbocycles. The van der Waals surface area contributed by atoms with E-state index < -0.39 is 17.7 Å². The van der Waals surface area contributed by atoms with Crippen LogP contribution in [0.1, 0.15) is 45.7 Å². The lowest BCUT2D eigenvalue weighted by atomic mass is 10.0. The molecule has 0 bridgehead atoms. The second kappa shape index (κ2) is 13.4. The number of carbonyl (C=O) groups excluding carboxylic acids is 2. The topological polar surface area (TPSA) is 85.9 Å². The van der Waals surface area contributed by atoms with Gasteiger partial charge in [-0.15, -0.1) is 0 Å². The average molecular weight is 499 g/mol. The van der Waals surface area contributed by atoms with E-state index in [1.54, 1.807) is 46.1 Å². The fourth-order valence-electron chi connectivity index (χ4n) is 3.18. The second-order valence-electron chi connectivity index (χ2n) is 9.49. The number of carbonyl (C=O) groups is 2. The second-order valence-corrected chi connectivity index (χ2v) is 9.49. The maximum atomic E-state index is 13.0. The van der Waals surface area contributed by atoms with Gasteiger partial charge >= 0.3 is 6.09 Å². The van der Waals surface area contributed by atoms with Crippen LogP contribution < -0.4 is 20.1 Å². The molecule has 2 amide bonds. The number of benzene rings is 2. The Bertz CT molecular complexity index is 1080. The van der Waals surface area contributed by atoms with Gasteiger partial charge in [-0.05, 0) is 75.1 Å². The molecule has 0 aromatic heterocycles. The monoisotopic (exact) mass is 498 g/mol. The van der Waals surface area contributed by atoms with Gasteiger partial charge in [0.2, 0.25) is 5.91 Å². The van der Waals surface area contributed by atoms with Gasteiger partial charge in [-0.25, -0.2) is 9.18 Å². The van der Waals surface area contributed by atoms with Crippen molar-refractivity contribution in [2.75, 3.05) is 20.3 Å². The number of alkyl carbamates (subject to hydrolysis) is 1. The molecule has 36 heavy (non-hydrogen) atoms. The Morgan fingerprint density at radius 3 is 2.36 bits per heavy atom. The molecule has 8 heteroatoms. The first-order chi connectivity index (χ1) is 17.0. The zero-order valence-electron chi connectivity index (χ0n) is 21.7. The predicted octanol–water partition coefficient (Wildman–Crippen LogP) is 4.47. The minimum absolute atomic E-state index is 0.111. The maximum Gasteiger partial charge on any atom is 0.408 e. The van der Waals surface area contributed by atoms with E-state index >= 15 is 0 Å². The lowest BCUT2D eigenvalue weighted by Crippen LogP contribution is -2.51. The van der Waals surface area contributed by atoms with Gasteiger partial charge in [-0.2, -0.15) is 0 Å². The number of methoxy groups -OCH3 is 1. The molecule has 0 radical (unpaired) electrons. The highest BCUT2D eigenvalue weighted by atomic mass is 19.1. The third kappa shape index (κ3) is 9.87. The molecule has 1 atom stereocenters. The van der Waals surface area contributed by atoms with E-state index in [2.05, 4.69) is 22.5 Å². The molecular formula is C28H35FN2O5. The van der Waals surface area contributed by atoms with Crippen LogP contribution in [0.15, 0.2) is 42.5 Å². The molecular weight excluding hydrogens is 463 g/mol.